The number of aliphatic hydroxyl groups is 1. The highest BCUT2D eigenvalue weighted by molar-refractivity contribution is 5.11. The van der Waals surface area contributed by atoms with Gasteiger partial charge in [0.15, 0.2) is 0 Å². The van der Waals surface area contributed by atoms with Gasteiger partial charge in [-0.1, -0.05) is 0 Å². The maximum Gasteiger partial charge on any atom is 0.122 e. The highest BCUT2D eigenvalue weighted by atomic mass is 16.3. The van der Waals surface area contributed by atoms with E-state index in [-0.39, 0.29) is 18.2 Å². The van der Waals surface area contributed by atoms with Crippen LogP contribution in [0.3, 0.4) is 0 Å². The van der Waals surface area contributed by atoms with Crippen molar-refractivity contribution in [1.82, 2.24) is 4.90 Å². The third-order valence-corrected chi connectivity index (χ3v) is 2.58. The van der Waals surface area contributed by atoms with Crippen LogP contribution < -0.4 is 5.73 Å². The van der Waals surface area contributed by atoms with Crippen molar-refractivity contribution in [2.45, 2.75) is 39.0 Å². The van der Waals surface area contributed by atoms with E-state index in [0.29, 0.717) is 6.54 Å². The Morgan fingerprint density at radius 3 is 2.44 bits per heavy atom. The molecule has 1 aromatic rings. The van der Waals surface area contributed by atoms with Gasteiger partial charge in [-0.15, -0.1) is 0 Å². The summed E-state index contributed by atoms with van der Waals surface area (Å²) in [6.07, 6.45) is -0.373. The van der Waals surface area contributed by atoms with Gasteiger partial charge in [-0.25, -0.2) is 0 Å². The first-order valence-corrected chi connectivity index (χ1v) is 5.62. The van der Waals surface area contributed by atoms with Crippen LogP contribution in [-0.4, -0.2) is 35.7 Å². The maximum absolute atomic E-state index is 9.39. The first-order chi connectivity index (χ1) is 7.41. The Balaban J connectivity index is 2.82. The second kappa shape index (κ2) is 5.48. The van der Waals surface area contributed by atoms with Crippen LogP contribution in [0.2, 0.25) is 0 Å². The van der Waals surface area contributed by atoms with Crippen molar-refractivity contribution in [2.75, 3.05) is 13.6 Å². The summed E-state index contributed by atoms with van der Waals surface area (Å²) in [6, 6.07) is 3.83. The lowest BCUT2D eigenvalue weighted by molar-refractivity contribution is 0.101. The third kappa shape index (κ3) is 3.33. The second-order valence-corrected chi connectivity index (χ2v) is 4.54. The van der Waals surface area contributed by atoms with Crippen LogP contribution in [0.4, 0.5) is 0 Å². The smallest absolute Gasteiger partial charge is 0.122 e. The summed E-state index contributed by atoms with van der Waals surface area (Å²) < 4.78 is 5.61. The van der Waals surface area contributed by atoms with Crippen molar-refractivity contribution < 1.29 is 9.52 Å². The van der Waals surface area contributed by atoms with Crippen molar-refractivity contribution in [3.05, 3.63) is 23.7 Å². The van der Waals surface area contributed by atoms with Gasteiger partial charge < -0.3 is 15.3 Å². The minimum atomic E-state index is -0.373. The zero-order valence-electron chi connectivity index (χ0n) is 10.5. The SMILES string of the molecule is Cc1ccc(C(C(C)N)N(C)CC(C)O)o1. The molecular formula is C12H22N2O2. The summed E-state index contributed by atoms with van der Waals surface area (Å²) in [7, 11) is 1.94. The minimum Gasteiger partial charge on any atom is -0.465 e. The molecule has 3 atom stereocenters. The molecule has 0 amide bonds. The standard InChI is InChI=1S/C12H22N2O2/c1-8(15)7-14(4)12(10(3)13)11-6-5-9(2)16-11/h5-6,8,10,12,15H,7,13H2,1-4H3. The normalized spacial score (nSPS) is 17.4. The molecule has 0 aromatic carbocycles. The first-order valence-electron chi connectivity index (χ1n) is 5.62. The van der Waals surface area contributed by atoms with Gasteiger partial charge in [0.25, 0.3) is 0 Å². The van der Waals surface area contributed by atoms with E-state index in [1.807, 2.05) is 37.9 Å². The summed E-state index contributed by atoms with van der Waals surface area (Å²) in [5.74, 6) is 1.74. The molecule has 0 bridgehead atoms. The monoisotopic (exact) mass is 226 g/mol. The molecule has 0 aliphatic heterocycles. The van der Waals surface area contributed by atoms with Crippen LogP contribution in [0.25, 0.3) is 0 Å². The summed E-state index contributed by atoms with van der Waals surface area (Å²) in [6.45, 7) is 6.20. The Kier molecular flexibility index (Phi) is 4.53. The minimum absolute atomic E-state index is 0.00306. The Bertz CT molecular complexity index is 321. The Morgan fingerprint density at radius 2 is 2.06 bits per heavy atom. The molecule has 1 heterocycles. The van der Waals surface area contributed by atoms with Crippen LogP contribution in [0, 0.1) is 6.92 Å². The number of likely N-dealkylation sites (N-methyl/N-ethyl adjacent to an activating group) is 1. The van der Waals surface area contributed by atoms with E-state index in [1.165, 1.54) is 0 Å². The lowest BCUT2D eigenvalue weighted by Crippen LogP contribution is -2.40. The molecule has 0 radical (unpaired) electrons. The predicted molar refractivity (Wildman–Crippen MR) is 64.1 cm³/mol. The van der Waals surface area contributed by atoms with Gasteiger partial charge in [-0.3, -0.25) is 4.90 Å². The molecule has 1 aromatic heterocycles. The highest BCUT2D eigenvalue weighted by Crippen LogP contribution is 2.24. The maximum atomic E-state index is 9.39. The molecule has 3 unspecified atom stereocenters. The number of nitrogens with two attached hydrogens (primary N) is 1. The summed E-state index contributed by atoms with van der Waals surface area (Å²) in [5.41, 5.74) is 5.97. The number of rotatable bonds is 5. The van der Waals surface area contributed by atoms with Crippen LogP contribution in [0.5, 0.6) is 0 Å². The van der Waals surface area contributed by atoms with Gasteiger partial charge >= 0.3 is 0 Å². The van der Waals surface area contributed by atoms with E-state index in [1.54, 1.807) is 6.92 Å². The van der Waals surface area contributed by atoms with Gasteiger partial charge in [0.05, 0.1) is 12.1 Å². The number of furan rings is 1. The quantitative estimate of drug-likeness (QED) is 0.794. The summed E-state index contributed by atoms with van der Waals surface area (Å²) >= 11 is 0. The molecule has 0 saturated heterocycles. The van der Waals surface area contributed by atoms with Crippen molar-refractivity contribution in [1.29, 1.82) is 0 Å². The topological polar surface area (TPSA) is 62.6 Å². The molecule has 1 rings (SSSR count). The van der Waals surface area contributed by atoms with Gasteiger partial charge in [-0.2, -0.15) is 0 Å². The van der Waals surface area contributed by atoms with Crippen LogP contribution in [0.1, 0.15) is 31.4 Å². The predicted octanol–water partition coefficient (Wildman–Crippen LogP) is 1.29. The van der Waals surface area contributed by atoms with Gasteiger partial charge in [0, 0.05) is 12.6 Å². The lowest BCUT2D eigenvalue weighted by Gasteiger charge is -2.30. The largest absolute Gasteiger partial charge is 0.465 e. The summed E-state index contributed by atoms with van der Waals surface area (Å²) in [4.78, 5) is 2.02. The average Bonchev–Trinajstić information content (AvgIpc) is 2.49. The number of nitrogens with zero attached hydrogens (tertiary/aromatic N) is 1. The Hall–Kier alpha value is -0.840. The molecule has 3 N–H and O–H groups in total. The number of hydrogen-bond acceptors (Lipinski definition) is 4. The van der Waals surface area contributed by atoms with E-state index in [2.05, 4.69) is 0 Å². The molecule has 92 valence electrons. The molecule has 0 fully saturated rings. The fourth-order valence-electron chi connectivity index (χ4n) is 2.02. The number of aryl methyl sites for hydroxylation is 1. The van der Waals surface area contributed by atoms with Gasteiger partial charge in [0.1, 0.15) is 11.5 Å². The van der Waals surface area contributed by atoms with E-state index in [0.717, 1.165) is 11.5 Å². The molecule has 0 aliphatic rings. The summed E-state index contributed by atoms with van der Waals surface area (Å²) in [5, 5.41) is 9.39. The van der Waals surface area contributed by atoms with E-state index >= 15 is 0 Å². The fourth-order valence-corrected chi connectivity index (χ4v) is 2.02. The molecule has 0 aliphatic carbocycles. The van der Waals surface area contributed by atoms with Crippen molar-refractivity contribution in [3.8, 4) is 0 Å². The van der Waals surface area contributed by atoms with Crippen molar-refractivity contribution >= 4 is 0 Å². The van der Waals surface area contributed by atoms with E-state index < -0.39 is 0 Å². The molecule has 4 nitrogen and oxygen atoms in total. The average molecular weight is 226 g/mol. The third-order valence-electron chi connectivity index (χ3n) is 2.58. The molecule has 4 heteroatoms. The second-order valence-electron chi connectivity index (χ2n) is 4.54. The lowest BCUT2D eigenvalue weighted by atomic mass is 10.1. The number of hydrogen-bond donors (Lipinski definition) is 2. The Morgan fingerprint density at radius 1 is 1.44 bits per heavy atom. The van der Waals surface area contributed by atoms with E-state index in [4.69, 9.17) is 10.2 Å². The highest BCUT2D eigenvalue weighted by Gasteiger charge is 2.24. The van der Waals surface area contributed by atoms with Crippen LogP contribution >= 0.6 is 0 Å². The van der Waals surface area contributed by atoms with E-state index in [9.17, 15) is 5.11 Å². The van der Waals surface area contributed by atoms with Gasteiger partial charge in [-0.05, 0) is 40.0 Å². The molecule has 0 saturated carbocycles. The first kappa shape index (κ1) is 13.2. The van der Waals surface area contributed by atoms with Crippen LogP contribution in [0.15, 0.2) is 16.5 Å². The Labute approximate surface area is 97.0 Å². The fraction of sp³-hybridized carbons (Fsp3) is 0.667. The zero-order chi connectivity index (χ0) is 12.3. The van der Waals surface area contributed by atoms with Crippen LogP contribution in [-0.2, 0) is 0 Å². The zero-order valence-corrected chi connectivity index (χ0v) is 10.5. The molecule has 16 heavy (non-hydrogen) atoms. The van der Waals surface area contributed by atoms with Crippen molar-refractivity contribution in [3.63, 3.8) is 0 Å². The molecule has 0 spiro atoms. The van der Waals surface area contributed by atoms with Gasteiger partial charge in [0.2, 0.25) is 0 Å². The molecular weight excluding hydrogens is 204 g/mol. The van der Waals surface area contributed by atoms with Crippen molar-refractivity contribution in [2.24, 2.45) is 5.73 Å². The number of aliphatic hydroxyl groups excluding tert-OH is 1.